The van der Waals surface area contributed by atoms with Crippen molar-refractivity contribution < 1.29 is 0 Å². The van der Waals surface area contributed by atoms with Crippen molar-refractivity contribution in [1.82, 2.24) is 15.2 Å². The summed E-state index contributed by atoms with van der Waals surface area (Å²) < 4.78 is 0. The van der Waals surface area contributed by atoms with Crippen LogP contribution in [0.5, 0.6) is 0 Å². The number of hydrogen-bond donors (Lipinski definition) is 2. The summed E-state index contributed by atoms with van der Waals surface area (Å²) in [5.41, 5.74) is 1.17. The number of hydrogen-bond acceptors (Lipinski definition) is 4. The first-order valence-electron chi connectivity index (χ1n) is 9.27. The Bertz CT molecular complexity index is 665. The van der Waals surface area contributed by atoms with Gasteiger partial charge in [-0.1, -0.05) is 24.3 Å². The Hall–Kier alpha value is -2.76. The Kier molecular flexibility index (Phi) is 6.70. The van der Waals surface area contributed by atoms with Crippen LogP contribution in [0.3, 0.4) is 0 Å². The molecule has 26 heavy (non-hydrogen) atoms. The van der Waals surface area contributed by atoms with Crippen molar-refractivity contribution in [3.05, 3.63) is 54.7 Å². The number of para-hydroxylation sites is 1. The third-order valence-electron chi connectivity index (χ3n) is 4.50. The minimum atomic E-state index is 0.910. The number of benzene rings is 1. The summed E-state index contributed by atoms with van der Waals surface area (Å²) in [5.74, 6) is 2.05. The van der Waals surface area contributed by atoms with Crippen molar-refractivity contribution in [3.63, 3.8) is 0 Å². The van der Waals surface area contributed by atoms with Crippen LogP contribution in [-0.4, -0.2) is 62.2 Å². The van der Waals surface area contributed by atoms with Crippen LogP contribution in [0.25, 0.3) is 0 Å². The average molecular weight is 352 g/mol. The van der Waals surface area contributed by atoms with Crippen LogP contribution in [0.4, 0.5) is 11.5 Å². The molecule has 1 saturated heterocycles. The van der Waals surface area contributed by atoms with E-state index >= 15 is 0 Å². The third-order valence-corrected chi connectivity index (χ3v) is 4.50. The molecule has 0 spiro atoms. The fraction of sp³-hybridized carbons (Fsp3) is 0.400. The molecular weight excluding hydrogens is 324 g/mol. The summed E-state index contributed by atoms with van der Waals surface area (Å²) in [6, 6.07) is 16.4. The van der Waals surface area contributed by atoms with Crippen molar-refractivity contribution in [2.24, 2.45) is 4.99 Å². The number of rotatable bonds is 6. The second-order valence-electron chi connectivity index (χ2n) is 6.28. The molecular formula is C20H28N6. The molecule has 3 rings (SSSR count). The highest BCUT2D eigenvalue weighted by atomic mass is 15.4. The predicted octanol–water partition coefficient (Wildman–Crippen LogP) is 2.28. The Labute approximate surface area is 156 Å². The fourth-order valence-corrected chi connectivity index (χ4v) is 3.10. The maximum absolute atomic E-state index is 4.44. The molecule has 1 aliphatic rings. The zero-order valence-electron chi connectivity index (χ0n) is 15.4. The molecule has 0 saturated carbocycles. The molecule has 6 heteroatoms. The van der Waals surface area contributed by atoms with E-state index in [4.69, 9.17) is 0 Å². The summed E-state index contributed by atoms with van der Waals surface area (Å²) >= 11 is 0. The molecule has 0 bridgehead atoms. The Morgan fingerprint density at radius 2 is 1.77 bits per heavy atom. The van der Waals surface area contributed by atoms with Crippen LogP contribution in [0.15, 0.2) is 59.7 Å². The molecule has 138 valence electrons. The average Bonchev–Trinajstić information content (AvgIpc) is 2.72. The number of guanidine groups is 1. The highest BCUT2D eigenvalue weighted by Crippen LogP contribution is 2.12. The number of anilines is 2. The molecule has 6 nitrogen and oxygen atoms in total. The van der Waals surface area contributed by atoms with Crippen molar-refractivity contribution in [2.45, 2.75) is 6.42 Å². The lowest BCUT2D eigenvalue weighted by molar-refractivity contribution is 0.371. The summed E-state index contributed by atoms with van der Waals surface area (Å²) in [6.45, 7) is 5.70. The first-order valence-corrected chi connectivity index (χ1v) is 9.27. The quantitative estimate of drug-likeness (QED) is 0.475. The van der Waals surface area contributed by atoms with E-state index in [-0.39, 0.29) is 0 Å². The lowest BCUT2D eigenvalue weighted by atomic mass is 10.3. The number of aromatic nitrogens is 1. The topological polar surface area (TPSA) is 55.8 Å². The van der Waals surface area contributed by atoms with Crippen molar-refractivity contribution in [3.8, 4) is 0 Å². The Morgan fingerprint density at radius 1 is 1.00 bits per heavy atom. The van der Waals surface area contributed by atoms with Gasteiger partial charge in [0.15, 0.2) is 5.96 Å². The molecule has 2 heterocycles. The van der Waals surface area contributed by atoms with Crippen molar-refractivity contribution in [1.29, 1.82) is 0 Å². The second-order valence-corrected chi connectivity index (χ2v) is 6.28. The highest BCUT2D eigenvalue weighted by Gasteiger charge is 2.19. The van der Waals surface area contributed by atoms with Gasteiger partial charge in [0, 0.05) is 58.2 Å². The SMILES string of the molecule is CN=C(NCCCNc1ccccc1)N1CCN(c2ccccn2)CC1. The molecule has 0 aliphatic carbocycles. The van der Waals surface area contributed by atoms with Crippen LogP contribution in [-0.2, 0) is 0 Å². The van der Waals surface area contributed by atoms with E-state index in [1.165, 1.54) is 5.69 Å². The molecule has 1 fully saturated rings. The lowest BCUT2D eigenvalue weighted by Gasteiger charge is -2.37. The molecule has 2 aromatic rings. The number of pyridine rings is 1. The summed E-state index contributed by atoms with van der Waals surface area (Å²) in [7, 11) is 1.86. The smallest absolute Gasteiger partial charge is 0.193 e. The molecule has 1 aliphatic heterocycles. The molecule has 1 aromatic carbocycles. The summed E-state index contributed by atoms with van der Waals surface area (Å²) in [5, 5.41) is 6.91. The maximum atomic E-state index is 4.44. The van der Waals surface area contributed by atoms with E-state index in [0.717, 1.165) is 57.5 Å². The summed E-state index contributed by atoms with van der Waals surface area (Å²) in [4.78, 5) is 13.5. The van der Waals surface area contributed by atoms with Crippen LogP contribution in [0, 0.1) is 0 Å². The van der Waals surface area contributed by atoms with E-state index in [0.29, 0.717) is 0 Å². The first-order chi connectivity index (χ1) is 12.9. The second kappa shape index (κ2) is 9.65. The molecule has 0 radical (unpaired) electrons. The van der Waals surface area contributed by atoms with E-state index < -0.39 is 0 Å². The number of piperazine rings is 1. The van der Waals surface area contributed by atoms with Gasteiger partial charge in [0.2, 0.25) is 0 Å². The van der Waals surface area contributed by atoms with Gasteiger partial charge in [-0.25, -0.2) is 4.98 Å². The van der Waals surface area contributed by atoms with E-state index in [9.17, 15) is 0 Å². The van der Waals surface area contributed by atoms with Crippen LogP contribution < -0.4 is 15.5 Å². The minimum absolute atomic E-state index is 0.910. The summed E-state index contributed by atoms with van der Waals surface area (Å²) in [6.07, 6.45) is 2.90. The Balaban J connectivity index is 1.37. The fourth-order valence-electron chi connectivity index (χ4n) is 3.10. The molecule has 0 amide bonds. The van der Waals surface area contributed by atoms with Gasteiger partial charge in [-0.2, -0.15) is 0 Å². The van der Waals surface area contributed by atoms with Gasteiger partial charge in [-0.3, -0.25) is 4.99 Å². The largest absolute Gasteiger partial charge is 0.385 e. The standard InChI is InChI=1S/C20H28N6/c1-21-20(24-13-7-12-22-18-8-3-2-4-9-18)26-16-14-25(15-17-26)19-10-5-6-11-23-19/h2-6,8-11,22H,7,12-17H2,1H3,(H,21,24). The number of aliphatic imine (C=N–C) groups is 1. The molecule has 0 unspecified atom stereocenters. The zero-order valence-corrected chi connectivity index (χ0v) is 15.4. The van der Waals surface area contributed by atoms with Crippen molar-refractivity contribution in [2.75, 3.05) is 56.5 Å². The van der Waals surface area contributed by atoms with E-state index in [1.807, 2.05) is 43.6 Å². The monoisotopic (exact) mass is 352 g/mol. The highest BCUT2D eigenvalue weighted by molar-refractivity contribution is 5.80. The van der Waals surface area contributed by atoms with Crippen LogP contribution in [0.1, 0.15) is 6.42 Å². The molecule has 2 N–H and O–H groups in total. The predicted molar refractivity (Wildman–Crippen MR) is 109 cm³/mol. The first kappa shape index (κ1) is 18.0. The Morgan fingerprint density at radius 3 is 2.46 bits per heavy atom. The minimum Gasteiger partial charge on any atom is -0.385 e. The maximum Gasteiger partial charge on any atom is 0.193 e. The third kappa shape index (κ3) is 5.12. The lowest BCUT2D eigenvalue weighted by Crippen LogP contribution is -2.52. The van der Waals surface area contributed by atoms with Gasteiger partial charge in [0.1, 0.15) is 5.82 Å². The van der Waals surface area contributed by atoms with Crippen molar-refractivity contribution >= 4 is 17.5 Å². The molecule has 0 atom stereocenters. The van der Waals surface area contributed by atoms with Gasteiger partial charge < -0.3 is 20.4 Å². The van der Waals surface area contributed by atoms with Gasteiger partial charge in [-0.05, 0) is 30.7 Å². The number of nitrogens with one attached hydrogen (secondary N) is 2. The molecule has 1 aromatic heterocycles. The van der Waals surface area contributed by atoms with E-state index in [1.54, 1.807) is 0 Å². The van der Waals surface area contributed by atoms with E-state index in [2.05, 4.69) is 48.6 Å². The van der Waals surface area contributed by atoms with Crippen LogP contribution >= 0.6 is 0 Å². The zero-order chi connectivity index (χ0) is 18.0. The van der Waals surface area contributed by atoms with Gasteiger partial charge in [-0.15, -0.1) is 0 Å². The van der Waals surface area contributed by atoms with Gasteiger partial charge >= 0.3 is 0 Å². The van der Waals surface area contributed by atoms with Crippen LogP contribution in [0.2, 0.25) is 0 Å². The number of nitrogens with zero attached hydrogens (tertiary/aromatic N) is 4. The van der Waals surface area contributed by atoms with Gasteiger partial charge in [0.25, 0.3) is 0 Å². The normalized spacial score (nSPS) is 15.0. The van der Waals surface area contributed by atoms with Gasteiger partial charge in [0.05, 0.1) is 0 Å².